The average Bonchev–Trinajstić information content (AvgIpc) is 3.39. The molecule has 1 heterocycles. The second-order valence-electron chi connectivity index (χ2n) is 8.64. The zero-order chi connectivity index (χ0) is 24.6. The maximum atomic E-state index is 13.7. The first-order valence-corrected chi connectivity index (χ1v) is 12.5. The summed E-state index contributed by atoms with van der Waals surface area (Å²) in [6.45, 7) is 1.39. The van der Waals surface area contributed by atoms with E-state index in [9.17, 15) is 9.59 Å². The van der Waals surface area contributed by atoms with Gasteiger partial charge in [0.1, 0.15) is 6.04 Å². The molecule has 0 saturated carbocycles. The highest BCUT2D eigenvalue weighted by Crippen LogP contribution is 2.26. The lowest BCUT2D eigenvalue weighted by Gasteiger charge is -2.32. The van der Waals surface area contributed by atoms with Crippen molar-refractivity contribution in [1.29, 1.82) is 0 Å². The van der Waals surface area contributed by atoms with Crippen molar-refractivity contribution in [2.75, 3.05) is 13.2 Å². The van der Waals surface area contributed by atoms with E-state index in [-0.39, 0.29) is 30.9 Å². The Hall–Kier alpha value is -2.86. The van der Waals surface area contributed by atoms with Gasteiger partial charge in [-0.3, -0.25) is 9.59 Å². The minimum absolute atomic E-state index is 0.00450. The highest BCUT2D eigenvalue weighted by atomic mass is 35.5. The van der Waals surface area contributed by atoms with E-state index < -0.39 is 6.04 Å². The molecule has 1 N–H and O–H groups in total. The van der Waals surface area contributed by atoms with E-state index in [0.29, 0.717) is 23.2 Å². The fourth-order valence-corrected chi connectivity index (χ4v) is 4.46. The molecule has 182 valence electrons. The topological polar surface area (TPSA) is 58.6 Å². The Morgan fingerprint density at radius 3 is 2.14 bits per heavy atom. The predicted octanol–water partition coefficient (Wildman–Crippen LogP) is 5.60. The number of benzene rings is 3. The van der Waals surface area contributed by atoms with E-state index in [1.165, 1.54) is 0 Å². The highest BCUT2D eigenvalue weighted by molar-refractivity contribution is 6.30. The van der Waals surface area contributed by atoms with Crippen molar-refractivity contribution in [3.63, 3.8) is 0 Å². The molecule has 35 heavy (non-hydrogen) atoms. The Labute approximate surface area is 216 Å². The molecule has 1 saturated heterocycles. The van der Waals surface area contributed by atoms with Crippen LogP contribution in [0.2, 0.25) is 10.0 Å². The molecule has 1 fully saturated rings. The molecular weight excluding hydrogens is 483 g/mol. The molecule has 3 aromatic rings. The fourth-order valence-electron chi connectivity index (χ4n) is 4.21. The number of rotatable bonds is 9. The smallest absolute Gasteiger partial charge is 0.247 e. The number of ether oxygens (including phenoxy) is 1. The van der Waals surface area contributed by atoms with Crippen LogP contribution in [-0.2, 0) is 27.3 Å². The lowest BCUT2D eigenvalue weighted by molar-refractivity contribution is -0.141. The van der Waals surface area contributed by atoms with Crippen LogP contribution in [0.25, 0.3) is 0 Å². The van der Waals surface area contributed by atoms with Crippen LogP contribution in [0.3, 0.4) is 0 Å². The SMILES string of the molecule is O=C(NCC1CCCO1)C(c1ccccc1)N(Cc1ccc(Cl)cc1)C(=O)Cc1ccc(Cl)cc1. The number of nitrogens with zero attached hydrogens (tertiary/aromatic N) is 1. The van der Waals surface area contributed by atoms with Crippen LogP contribution in [-0.4, -0.2) is 36.0 Å². The molecule has 2 unspecified atom stereocenters. The van der Waals surface area contributed by atoms with Gasteiger partial charge in [-0.2, -0.15) is 0 Å². The molecule has 4 rings (SSSR count). The molecule has 1 aliphatic heterocycles. The van der Waals surface area contributed by atoms with Gasteiger partial charge < -0.3 is 15.0 Å². The second kappa shape index (κ2) is 12.2. The van der Waals surface area contributed by atoms with Crippen LogP contribution in [0.5, 0.6) is 0 Å². The van der Waals surface area contributed by atoms with Gasteiger partial charge in [0.05, 0.1) is 12.5 Å². The van der Waals surface area contributed by atoms with Gasteiger partial charge in [0.2, 0.25) is 11.8 Å². The molecule has 1 aliphatic rings. The van der Waals surface area contributed by atoms with Crippen LogP contribution in [0.4, 0.5) is 0 Å². The third-order valence-corrected chi connectivity index (χ3v) is 6.56. The Bertz CT molecular complexity index is 1120. The van der Waals surface area contributed by atoms with Crippen LogP contribution >= 0.6 is 23.2 Å². The highest BCUT2D eigenvalue weighted by Gasteiger charge is 2.32. The molecular formula is C28H28Cl2N2O3. The molecule has 2 amide bonds. The summed E-state index contributed by atoms with van der Waals surface area (Å²) in [4.78, 5) is 28.9. The van der Waals surface area contributed by atoms with Gasteiger partial charge in [0, 0.05) is 29.7 Å². The molecule has 0 radical (unpaired) electrons. The van der Waals surface area contributed by atoms with Crippen molar-refractivity contribution in [3.8, 4) is 0 Å². The van der Waals surface area contributed by atoms with E-state index >= 15 is 0 Å². The van der Waals surface area contributed by atoms with Gasteiger partial charge in [-0.15, -0.1) is 0 Å². The Morgan fingerprint density at radius 2 is 1.54 bits per heavy atom. The predicted molar refractivity (Wildman–Crippen MR) is 138 cm³/mol. The normalized spacial score (nSPS) is 16.0. The molecule has 3 aromatic carbocycles. The fraction of sp³-hybridized carbons (Fsp3) is 0.286. The summed E-state index contributed by atoms with van der Waals surface area (Å²) in [5, 5.41) is 4.25. The quantitative estimate of drug-likeness (QED) is 0.407. The zero-order valence-corrected chi connectivity index (χ0v) is 20.8. The second-order valence-corrected chi connectivity index (χ2v) is 9.52. The van der Waals surface area contributed by atoms with Gasteiger partial charge in [0.15, 0.2) is 0 Å². The molecule has 0 bridgehead atoms. The van der Waals surface area contributed by atoms with Crippen LogP contribution in [0, 0.1) is 0 Å². The maximum Gasteiger partial charge on any atom is 0.247 e. The van der Waals surface area contributed by atoms with Crippen molar-refractivity contribution in [1.82, 2.24) is 10.2 Å². The molecule has 7 heteroatoms. The number of nitrogens with one attached hydrogen (secondary N) is 1. The van der Waals surface area contributed by atoms with E-state index in [4.69, 9.17) is 27.9 Å². The van der Waals surface area contributed by atoms with E-state index in [1.54, 1.807) is 29.2 Å². The van der Waals surface area contributed by atoms with Gasteiger partial charge in [-0.05, 0) is 53.8 Å². The lowest BCUT2D eigenvalue weighted by Crippen LogP contribution is -2.45. The monoisotopic (exact) mass is 510 g/mol. The zero-order valence-electron chi connectivity index (χ0n) is 19.3. The number of hydrogen-bond acceptors (Lipinski definition) is 3. The number of carbonyl (C=O) groups is 2. The van der Waals surface area contributed by atoms with Crippen LogP contribution in [0.15, 0.2) is 78.9 Å². The molecule has 0 spiro atoms. The summed E-state index contributed by atoms with van der Waals surface area (Å²) < 4.78 is 5.67. The van der Waals surface area contributed by atoms with E-state index in [2.05, 4.69) is 5.32 Å². The first-order valence-electron chi connectivity index (χ1n) is 11.7. The summed E-state index contributed by atoms with van der Waals surface area (Å²) in [5.41, 5.74) is 2.45. The summed E-state index contributed by atoms with van der Waals surface area (Å²) >= 11 is 12.1. The Kier molecular flexibility index (Phi) is 8.80. The van der Waals surface area contributed by atoms with Gasteiger partial charge in [-0.25, -0.2) is 0 Å². The molecule has 5 nitrogen and oxygen atoms in total. The number of amides is 2. The third kappa shape index (κ3) is 7.07. The van der Waals surface area contributed by atoms with Crippen molar-refractivity contribution < 1.29 is 14.3 Å². The average molecular weight is 511 g/mol. The Balaban J connectivity index is 1.64. The Morgan fingerprint density at radius 1 is 0.914 bits per heavy atom. The molecule has 0 aliphatic carbocycles. The van der Waals surface area contributed by atoms with Crippen LogP contribution < -0.4 is 5.32 Å². The summed E-state index contributed by atoms with van der Waals surface area (Å²) in [6, 6.07) is 23.1. The van der Waals surface area contributed by atoms with Crippen molar-refractivity contribution in [2.45, 2.75) is 38.0 Å². The van der Waals surface area contributed by atoms with Crippen LogP contribution in [0.1, 0.15) is 35.6 Å². The third-order valence-electron chi connectivity index (χ3n) is 6.06. The number of carbonyl (C=O) groups excluding carboxylic acids is 2. The van der Waals surface area contributed by atoms with Gasteiger partial charge >= 0.3 is 0 Å². The van der Waals surface area contributed by atoms with E-state index in [1.807, 2.05) is 54.6 Å². The first-order chi connectivity index (χ1) is 17.0. The molecule has 0 aromatic heterocycles. The summed E-state index contributed by atoms with van der Waals surface area (Å²) in [5.74, 6) is -0.395. The van der Waals surface area contributed by atoms with Gasteiger partial charge in [0.25, 0.3) is 0 Å². The minimum Gasteiger partial charge on any atom is -0.376 e. The first kappa shape index (κ1) is 25.2. The summed E-state index contributed by atoms with van der Waals surface area (Å²) in [7, 11) is 0. The summed E-state index contributed by atoms with van der Waals surface area (Å²) in [6.07, 6.45) is 2.06. The van der Waals surface area contributed by atoms with Gasteiger partial charge in [-0.1, -0.05) is 77.8 Å². The van der Waals surface area contributed by atoms with E-state index in [0.717, 1.165) is 29.5 Å². The number of hydrogen-bond donors (Lipinski definition) is 1. The maximum absolute atomic E-state index is 13.7. The number of halogens is 2. The van der Waals surface area contributed by atoms with Crippen molar-refractivity contribution >= 4 is 35.0 Å². The molecule has 2 atom stereocenters. The lowest BCUT2D eigenvalue weighted by atomic mass is 10.0. The minimum atomic E-state index is -0.798. The van der Waals surface area contributed by atoms with Crippen molar-refractivity contribution in [2.24, 2.45) is 0 Å². The largest absolute Gasteiger partial charge is 0.376 e. The standard InChI is InChI=1S/C28H28Cl2N2O3/c29-23-12-8-20(9-13-23)17-26(33)32(19-21-10-14-24(30)15-11-21)27(22-5-2-1-3-6-22)28(34)31-18-25-7-4-16-35-25/h1-3,5-6,8-15,25,27H,4,7,16-19H2,(H,31,34). The van der Waals surface area contributed by atoms with Crippen molar-refractivity contribution in [3.05, 3.63) is 106 Å².